The van der Waals surface area contributed by atoms with Crippen molar-refractivity contribution in [3.63, 3.8) is 0 Å². The lowest BCUT2D eigenvalue weighted by molar-refractivity contribution is -0.146. The summed E-state index contributed by atoms with van der Waals surface area (Å²) in [5.74, 6) is -0.168. The van der Waals surface area contributed by atoms with Gasteiger partial charge in [0.25, 0.3) is 5.91 Å². The Balaban J connectivity index is 1.56. The summed E-state index contributed by atoms with van der Waals surface area (Å²) in [5, 5.41) is 3.99. The molecule has 1 amide bonds. The number of amides is 1. The number of esters is 1. The summed E-state index contributed by atoms with van der Waals surface area (Å²) in [6.45, 7) is 11.4. The van der Waals surface area contributed by atoms with E-state index in [4.69, 9.17) is 13.6 Å². The summed E-state index contributed by atoms with van der Waals surface area (Å²) in [6.07, 6.45) is 0.449. The smallest absolute Gasteiger partial charge is 0.311 e. The molecule has 0 aliphatic rings. The summed E-state index contributed by atoms with van der Waals surface area (Å²) in [6, 6.07) is 17.1. The Bertz CT molecular complexity index is 1090. The quantitative estimate of drug-likeness (QED) is 0.298. The van der Waals surface area contributed by atoms with E-state index in [0.29, 0.717) is 25.1 Å². The van der Waals surface area contributed by atoms with Crippen LogP contribution in [0.1, 0.15) is 37.6 Å². The lowest BCUT2D eigenvalue weighted by Crippen LogP contribution is -2.43. The molecule has 1 N–H and O–H groups in total. The second-order valence-corrected chi connectivity index (χ2v) is 14.9. The SMILES string of the molecule is COC(=O)C(CCNC(=O)c1ccc(-c2cc3ccccc3o2)cc1)CO[Si](C)(C)C(C)(C)C. The predicted molar refractivity (Wildman–Crippen MR) is 137 cm³/mol. The van der Waals surface area contributed by atoms with Crippen molar-refractivity contribution in [1.29, 1.82) is 0 Å². The Morgan fingerprint density at radius 1 is 1.06 bits per heavy atom. The van der Waals surface area contributed by atoms with E-state index in [1.807, 2.05) is 42.5 Å². The first-order valence-electron chi connectivity index (χ1n) is 11.6. The molecule has 1 aromatic heterocycles. The van der Waals surface area contributed by atoms with Gasteiger partial charge in [-0.2, -0.15) is 0 Å². The number of hydrogen-bond donors (Lipinski definition) is 1. The van der Waals surface area contributed by atoms with Gasteiger partial charge in [0.1, 0.15) is 11.3 Å². The minimum atomic E-state index is -1.99. The van der Waals surface area contributed by atoms with Crippen LogP contribution in [0.2, 0.25) is 18.1 Å². The van der Waals surface area contributed by atoms with Crippen LogP contribution >= 0.6 is 0 Å². The Hall–Kier alpha value is -2.90. The summed E-state index contributed by atoms with van der Waals surface area (Å²) < 4.78 is 17.1. The van der Waals surface area contributed by atoms with Crippen LogP contribution in [0, 0.1) is 5.92 Å². The molecule has 0 saturated heterocycles. The number of carbonyl (C=O) groups is 2. The molecule has 1 atom stereocenters. The third-order valence-electron chi connectivity index (χ3n) is 6.62. The van der Waals surface area contributed by atoms with Crippen LogP contribution in [0.3, 0.4) is 0 Å². The van der Waals surface area contributed by atoms with E-state index >= 15 is 0 Å². The van der Waals surface area contributed by atoms with Crippen LogP contribution in [-0.4, -0.2) is 40.5 Å². The molecule has 182 valence electrons. The lowest BCUT2D eigenvalue weighted by atomic mass is 10.1. The van der Waals surface area contributed by atoms with Gasteiger partial charge in [0, 0.05) is 29.7 Å². The molecule has 2 aromatic carbocycles. The van der Waals surface area contributed by atoms with E-state index in [2.05, 4.69) is 39.2 Å². The van der Waals surface area contributed by atoms with Gasteiger partial charge in [-0.25, -0.2) is 0 Å². The molecule has 0 radical (unpaired) electrons. The second kappa shape index (κ2) is 10.6. The summed E-state index contributed by atoms with van der Waals surface area (Å²) in [7, 11) is -0.609. The molecule has 0 aliphatic heterocycles. The number of furan rings is 1. The lowest BCUT2D eigenvalue weighted by Gasteiger charge is -2.37. The topological polar surface area (TPSA) is 77.8 Å². The Kier molecular flexibility index (Phi) is 7.99. The molecular formula is C27H35NO5Si. The summed E-state index contributed by atoms with van der Waals surface area (Å²) in [4.78, 5) is 24.9. The highest BCUT2D eigenvalue weighted by Gasteiger charge is 2.38. The van der Waals surface area contributed by atoms with Gasteiger partial charge in [-0.15, -0.1) is 0 Å². The van der Waals surface area contributed by atoms with Gasteiger partial charge < -0.3 is 18.9 Å². The highest BCUT2D eigenvalue weighted by Crippen LogP contribution is 2.37. The number of benzene rings is 2. The Labute approximate surface area is 202 Å². The largest absolute Gasteiger partial charge is 0.469 e. The molecule has 1 heterocycles. The first-order chi connectivity index (χ1) is 16.0. The Morgan fingerprint density at radius 2 is 1.74 bits per heavy atom. The molecular weight excluding hydrogens is 446 g/mol. The van der Waals surface area contributed by atoms with Crippen molar-refractivity contribution >= 4 is 31.2 Å². The molecule has 34 heavy (non-hydrogen) atoms. The van der Waals surface area contributed by atoms with Crippen molar-refractivity contribution in [3.05, 3.63) is 60.2 Å². The molecule has 3 rings (SSSR count). The average Bonchev–Trinajstić information content (AvgIpc) is 3.24. The highest BCUT2D eigenvalue weighted by molar-refractivity contribution is 6.74. The van der Waals surface area contributed by atoms with Crippen molar-refractivity contribution in [3.8, 4) is 11.3 Å². The fourth-order valence-corrected chi connectivity index (χ4v) is 4.38. The molecule has 0 aliphatic carbocycles. The molecule has 3 aromatic rings. The molecule has 0 fully saturated rings. The molecule has 1 unspecified atom stereocenters. The minimum Gasteiger partial charge on any atom is -0.469 e. The number of para-hydroxylation sites is 1. The zero-order valence-corrected chi connectivity index (χ0v) is 21.9. The normalized spacial score (nSPS) is 13.0. The maximum atomic E-state index is 12.6. The monoisotopic (exact) mass is 481 g/mol. The number of methoxy groups -OCH3 is 1. The fraction of sp³-hybridized carbons (Fsp3) is 0.407. The predicted octanol–water partition coefficient (Wildman–Crippen LogP) is 6.03. The van der Waals surface area contributed by atoms with Gasteiger partial charge >= 0.3 is 5.97 Å². The zero-order valence-electron chi connectivity index (χ0n) is 20.9. The van der Waals surface area contributed by atoms with Crippen LogP contribution < -0.4 is 5.32 Å². The van der Waals surface area contributed by atoms with E-state index in [1.54, 1.807) is 12.1 Å². The van der Waals surface area contributed by atoms with Crippen molar-refractivity contribution < 1.29 is 23.2 Å². The van der Waals surface area contributed by atoms with Crippen molar-refractivity contribution in [1.82, 2.24) is 5.32 Å². The van der Waals surface area contributed by atoms with Gasteiger partial charge in [-0.1, -0.05) is 51.1 Å². The van der Waals surface area contributed by atoms with Gasteiger partial charge in [0.2, 0.25) is 0 Å². The van der Waals surface area contributed by atoms with E-state index in [9.17, 15) is 9.59 Å². The molecule has 0 spiro atoms. The second-order valence-electron chi connectivity index (χ2n) is 10.1. The third-order valence-corrected chi connectivity index (χ3v) is 11.1. The van der Waals surface area contributed by atoms with Crippen LogP contribution in [-0.2, 0) is 14.0 Å². The van der Waals surface area contributed by atoms with E-state index in [0.717, 1.165) is 22.3 Å². The van der Waals surface area contributed by atoms with Crippen molar-refractivity contribution in [2.45, 2.75) is 45.3 Å². The van der Waals surface area contributed by atoms with Gasteiger partial charge in [-0.3, -0.25) is 9.59 Å². The van der Waals surface area contributed by atoms with Crippen LogP contribution in [0.15, 0.2) is 59.0 Å². The van der Waals surface area contributed by atoms with Gasteiger partial charge in [0.15, 0.2) is 8.32 Å². The minimum absolute atomic E-state index is 0.0520. The maximum Gasteiger partial charge on any atom is 0.311 e. The standard InChI is InChI=1S/C27H35NO5Si/c1-27(2,3)34(5,6)32-18-22(26(30)31-4)15-16-28-25(29)20-13-11-19(12-14-20)24-17-21-9-7-8-10-23(21)33-24/h7-14,17,22H,15-16,18H2,1-6H3,(H,28,29). The molecule has 7 heteroatoms. The van der Waals surface area contributed by atoms with Crippen LogP contribution in [0.25, 0.3) is 22.3 Å². The number of nitrogens with one attached hydrogen (secondary N) is 1. The summed E-state index contributed by atoms with van der Waals surface area (Å²) in [5.41, 5.74) is 2.28. The van der Waals surface area contributed by atoms with Crippen LogP contribution in [0.5, 0.6) is 0 Å². The fourth-order valence-electron chi connectivity index (χ4n) is 3.33. The highest BCUT2D eigenvalue weighted by atomic mass is 28.4. The van der Waals surface area contributed by atoms with Gasteiger partial charge in [0.05, 0.1) is 13.0 Å². The van der Waals surface area contributed by atoms with Crippen LogP contribution in [0.4, 0.5) is 0 Å². The van der Waals surface area contributed by atoms with E-state index in [1.165, 1.54) is 7.11 Å². The number of carbonyl (C=O) groups excluding carboxylic acids is 2. The maximum absolute atomic E-state index is 12.6. The summed E-state index contributed by atoms with van der Waals surface area (Å²) >= 11 is 0. The third kappa shape index (κ3) is 6.15. The molecule has 6 nitrogen and oxygen atoms in total. The number of ether oxygens (including phenoxy) is 1. The van der Waals surface area contributed by atoms with E-state index < -0.39 is 14.2 Å². The molecule has 0 bridgehead atoms. The zero-order chi connectivity index (χ0) is 24.9. The van der Waals surface area contributed by atoms with E-state index in [-0.39, 0.29) is 16.9 Å². The number of fused-ring (bicyclic) bond motifs is 1. The van der Waals surface area contributed by atoms with Crippen molar-refractivity contribution in [2.24, 2.45) is 5.92 Å². The number of hydrogen-bond acceptors (Lipinski definition) is 5. The van der Waals surface area contributed by atoms with Crippen molar-refractivity contribution in [2.75, 3.05) is 20.3 Å². The molecule has 0 saturated carbocycles. The average molecular weight is 482 g/mol. The first-order valence-corrected chi connectivity index (χ1v) is 14.5. The number of rotatable bonds is 9. The first kappa shape index (κ1) is 25.7. The Morgan fingerprint density at radius 3 is 2.35 bits per heavy atom. The van der Waals surface area contributed by atoms with Gasteiger partial charge in [-0.05, 0) is 48.8 Å².